The average Bonchev–Trinajstić information content (AvgIpc) is 2.48. The summed E-state index contributed by atoms with van der Waals surface area (Å²) in [5.41, 5.74) is 1.31. The van der Waals surface area contributed by atoms with E-state index < -0.39 is 5.41 Å². The number of amides is 1. The third kappa shape index (κ3) is 4.05. The lowest BCUT2D eigenvalue weighted by molar-refractivity contribution is -0.123. The van der Waals surface area contributed by atoms with Gasteiger partial charge >= 0.3 is 0 Å². The standard InChI is InChI=1S/C17H20N2O2/c1-17(2,11-13-7-5-4-6-8-13)16(20)19-14-9-10-15(21-3)18-12-14/h4-10,12H,11H2,1-3H3,(H,19,20). The van der Waals surface area contributed by atoms with Crippen LogP contribution in [0.4, 0.5) is 5.69 Å². The van der Waals surface area contributed by atoms with E-state index in [4.69, 9.17) is 4.74 Å². The summed E-state index contributed by atoms with van der Waals surface area (Å²) in [6.07, 6.45) is 2.28. The summed E-state index contributed by atoms with van der Waals surface area (Å²) in [7, 11) is 1.56. The highest BCUT2D eigenvalue weighted by molar-refractivity contribution is 5.94. The maximum absolute atomic E-state index is 12.4. The Morgan fingerprint density at radius 2 is 1.90 bits per heavy atom. The monoisotopic (exact) mass is 284 g/mol. The van der Waals surface area contributed by atoms with Crippen LogP contribution in [-0.2, 0) is 11.2 Å². The van der Waals surface area contributed by atoms with Crippen molar-refractivity contribution in [2.75, 3.05) is 12.4 Å². The Morgan fingerprint density at radius 3 is 2.48 bits per heavy atom. The number of hydrogen-bond donors (Lipinski definition) is 1. The van der Waals surface area contributed by atoms with Crippen LogP contribution in [0.1, 0.15) is 19.4 Å². The number of rotatable bonds is 5. The van der Waals surface area contributed by atoms with Crippen molar-refractivity contribution in [2.45, 2.75) is 20.3 Å². The zero-order valence-corrected chi connectivity index (χ0v) is 12.6. The van der Waals surface area contributed by atoms with E-state index >= 15 is 0 Å². The molecule has 0 aliphatic rings. The van der Waals surface area contributed by atoms with Crippen LogP contribution in [0, 0.1) is 5.41 Å². The van der Waals surface area contributed by atoms with E-state index in [1.165, 1.54) is 0 Å². The molecule has 0 atom stereocenters. The summed E-state index contributed by atoms with van der Waals surface area (Å²) in [5, 5.41) is 2.90. The molecule has 1 aromatic carbocycles. The summed E-state index contributed by atoms with van der Waals surface area (Å²) < 4.78 is 5.00. The van der Waals surface area contributed by atoms with Gasteiger partial charge in [0, 0.05) is 11.5 Å². The zero-order valence-electron chi connectivity index (χ0n) is 12.6. The van der Waals surface area contributed by atoms with Crippen LogP contribution in [0.5, 0.6) is 5.88 Å². The van der Waals surface area contributed by atoms with Gasteiger partial charge in [-0.25, -0.2) is 4.98 Å². The molecule has 0 fully saturated rings. The van der Waals surface area contributed by atoms with Crippen LogP contribution in [0.15, 0.2) is 48.7 Å². The van der Waals surface area contributed by atoms with Gasteiger partial charge in [-0.2, -0.15) is 0 Å². The topological polar surface area (TPSA) is 51.2 Å². The van der Waals surface area contributed by atoms with Gasteiger partial charge in [0.25, 0.3) is 0 Å². The maximum Gasteiger partial charge on any atom is 0.230 e. The number of benzene rings is 1. The van der Waals surface area contributed by atoms with Crippen LogP contribution in [-0.4, -0.2) is 18.0 Å². The fraction of sp³-hybridized carbons (Fsp3) is 0.294. The summed E-state index contributed by atoms with van der Waals surface area (Å²) in [4.78, 5) is 16.5. The molecule has 1 amide bonds. The van der Waals surface area contributed by atoms with Crippen LogP contribution < -0.4 is 10.1 Å². The molecule has 110 valence electrons. The Bertz CT molecular complexity index is 592. The molecule has 2 aromatic rings. The molecule has 0 bridgehead atoms. The van der Waals surface area contributed by atoms with Crippen molar-refractivity contribution in [3.8, 4) is 5.88 Å². The van der Waals surface area contributed by atoms with Crippen LogP contribution in [0.3, 0.4) is 0 Å². The fourth-order valence-electron chi connectivity index (χ4n) is 2.06. The quantitative estimate of drug-likeness (QED) is 0.916. The first-order valence-electron chi connectivity index (χ1n) is 6.87. The molecule has 0 saturated heterocycles. The van der Waals surface area contributed by atoms with E-state index in [2.05, 4.69) is 10.3 Å². The molecular formula is C17H20N2O2. The minimum absolute atomic E-state index is 0.0293. The third-order valence-electron chi connectivity index (χ3n) is 3.31. The lowest BCUT2D eigenvalue weighted by Gasteiger charge is -2.23. The minimum Gasteiger partial charge on any atom is -0.481 e. The first-order chi connectivity index (χ1) is 10.0. The summed E-state index contributed by atoms with van der Waals surface area (Å²) in [5.74, 6) is 0.495. The molecule has 1 N–H and O–H groups in total. The highest BCUT2D eigenvalue weighted by atomic mass is 16.5. The molecule has 4 nitrogen and oxygen atoms in total. The van der Waals surface area contributed by atoms with Crippen molar-refractivity contribution in [1.82, 2.24) is 4.98 Å². The zero-order chi connectivity index (χ0) is 15.3. The molecule has 4 heteroatoms. The molecule has 1 aromatic heterocycles. The number of pyridine rings is 1. The van der Waals surface area contributed by atoms with Gasteiger partial charge in [0.2, 0.25) is 11.8 Å². The molecule has 1 heterocycles. The van der Waals surface area contributed by atoms with Crippen molar-refractivity contribution in [3.05, 3.63) is 54.2 Å². The third-order valence-corrected chi connectivity index (χ3v) is 3.31. The lowest BCUT2D eigenvalue weighted by Crippen LogP contribution is -2.32. The molecule has 21 heavy (non-hydrogen) atoms. The number of ether oxygens (including phenoxy) is 1. The number of carbonyl (C=O) groups excluding carboxylic acids is 1. The molecular weight excluding hydrogens is 264 g/mol. The average molecular weight is 284 g/mol. The molecule has 0 aliphatic heterocycles. The normalized spacial score (nSPS) is 11.0. The van der Waals surface area contributed by atoms with Crippen molar-refractivity contribution in [2.24, 2.45) is 5.41 Å². The highest BCUT2D eigenvalue weighted by Gasteiger charge is 2.28. The van der Waals surface area contributed by atoms with E-state index in [0.29, 0.717) is 18.0 Å². The van der Waals surface area contributed by atoms with Crippen molar-refractivity contribution in [1.29, 1.82) is 0 Å². The lowest BCUT2D eigenvalue weighted by atomic mass is 9.85. The second kappa shape index (κ2) is 6.39. The Hall–Kier alpha value is -2.36. The fourth-order valence-corrected chi connectivity index (χ4v) is 2.06. The first kappa shape index (κ1) is 15.0. The van der Waals surface area contributed by atoms with E-state index in [1.54, 1.807) is 25.4 Å². The van der Waals surface area contributed by atoms with Crippen molar-refractivity contribution in [3.63, 3.8) is 0 Å². The van der Waals surface area contributed by atoms with Crippen LogP contribution >= 0.6 is 0 Å². The molecule has 0 aliphatic carbocycles. The Kier molecular flexibility index (Phi) is 4.58. The Balaban J connectivity index is 2.03. The number of methoxy groups -OCH3 is 1. The van der Waals surface area contributed by atoms with E-state index in [-0.39, 0.29) is 5.91 Å². The van der Waals surface area contributed by atoms with Crippen LogP contribution in [0.25, 0.3) is 0 Å². The Morgan fingerprint density at radius 1 is 1.19 bits per heavy atom. The number of aromatic nitrogens is 1. The van der Waals surface area contributed by atoms with Gasteiger partial charge in [-0.05, 0) is 18.1 Å². The first-order valence-corrected chi connectivity index (χ1v) is 6.87. The molecule has 0 saturated carbocycles. The number of nitrogens with zero attached hydrogens (tertiary/aromatic N) is 1. The molecule has 0 unspecified atom stereocenters. The second-order valence-corrected chi connectivity index (χ2v) is 5.59. The van der Waals surface area contributed by atoms with Crippen molar-refractivity contribution < 1.29 is 9.53 Å². The second-order valence-electron chi connectivity index (χ2n) is 5.59. The summed E-state index contributed by atoms with van der Waals surface area (Å²) in [6, 6.07) is 13.5. The van der Waals surface area contributed by atoms with Gasteiger partial charge in [0.05, 0.1) is 19.0 Å². The Labute approximate surface area is 125 Å². The number of nitrogens with one attached hydrogen (secondary N) is 1. The van der Waals surface area contributed by atoms with Crippen molar-refractivity contribution >= 4 is 11.6 Å². The molecule has 0 spiro atoms. The predicted molar refractivity (Wildman–Crippen MR) is 83.3 cm³/mol. The SMILES string of the molecule is COc1ccc(NC(=O)C(C)(C)Cc2ccccc2)cn1. The molecule has 2 rings (SSSR count). The van der Waals surface area contributed by atoms with Crippen LogP contribution in [0.2, 0.25) is 0 Å². The van der Waals surface area contributed by atoms with Gasteiger partial charge in [0.15, 0.2) is 0 Å². The maximum atomic E-state index is 12.4. The summed E-state index contributed by atoms with van der Waals surface area (Å²) >= 11 is 0. The minimum atomic E-state index is -0.499. The van der Waals surface area contributed by atoms with Gasteiger partial charge in [-0.15, -0.1) is 0 Å². The van der Waals surface area contributed by atoms with Gasteiger partial charge in [-0.1, -0.05) is 44.2 Å². The highest BCUT2D eigenvalue weighted by Crippen LogP contribution is 2.24. The number of anilines is 1. The smallest absolute Gasteiger partial charge is 0.230 e. The predicted octanol–water partition coefficient (Wildman–Crippen LogP) is 3.30. The number of carbonyl (C=O) groups is 1. The largest absolute Gasteiger partial charge is 0.481 e. The van der Waals surface area contributed by atoms with Gasteiger partial charge in [-0.3, -0.25) is 4.79 Å². The summed E-state index contributed by atoms with van der Waals surface area (Å²) in [6.45, 7) is 3.87. The molecule has 0 radical (unpaired) electrons. The van der Waals surface area contributed by atoms with Gasteiger partial charge < -0.3 is 10.1 Å². The van der Waals surface area contributed by atoms with E-state index in [0.717, 1.165) is 5.56 Å². The van der Waals surface area contributed by atoms with E-state index in [9.17, 15) is 4.79 Å². The van der Waals surface area contributed by atoms with E-state index in [1.807, 2.05) is 44.2 Å². The van der Waals surface area contributed by atoms with Gasteiger partial charge in [0.1, 0.15) is 0 Å². The number of hydrogen-bond acceptors (Lipinski definition) is 3.